The smallest absolute Gasteiger partial charge is 0.322 e. The van der Waals surface area contributed by atoms with Crippen molar-refractivity contribution in [2.45, 2.75) is 20.3 Å². The molecule has 0 radical (unpaired) electrons. The molecule has 6 nitrogen and oxygen atoms in total. The van der Waals surface area contributed by atoms with Crippen LogP contribution in [-0.2, 0) is 11.2 Å². The molecule has 1 N–H and O–H groups in total. The molecule has 0 atom stereocenters. The van der Waals surface area contributed by atoms with E-state index in [1.165, 1.54) is 5.56 Å². The second kappa shape index (κ2) is 6.37. The lowest BCUT2D eigenvalue weighted by Gasteiger charge is -2.04. The van der Waals surface area contributed by atoms with E-state index in [-0.39, 0.29) is 24.2 Å². The summed E-state index contributed by atoms with van der Waals surface area (Å²) in [5.74, 6) is 0.417. The molecule has 0 saturated heterocycles. The number of amides is 1. The minimum Gasteiger partial charge on any atom is -0.444 e. The zero-order chi connectivity index (χ0) is 16.4. The van der Waals surface area contributed by atoms with E-state index in [4.69, 9.17) is 8.83 Å². The molecular formula is C16H14BrN3O3. The monoisotopic (exact) mass is 375 g/mol. The van der Waals surface area contributed by atoms with Gasteiger partial charge in [0.2, 0.25) is 5.91 Å². The van der Waals surface area contributed by atoms with Gasteiger partial charge in [0.1, 0.15) is 0 Å². The highest BCUT2D eigenvalue weighted by atomic mass is 79.9. The molecule has 1 aromatic carbocycles. The standard InChI is InChI=1S/C16H14BrN3O3/c1-9-3-4-11(7-10(9)2)8-14(21)18-16-20-19-15(23-16)12-5-6-13(17)22-12/h3-7H,8H2,1-2H3,(H,18,20,21). The molecule has 3 aromatic rings. The first-order valence-electron chi connectivity index (χ1n) is 6.96. The summed E-state index contributed by atoms with van der Waals surface area (Å²) < 4.78 is 11.2. The van der Waals surface area contributed by atoms with E-state index in [2.05, 4.69) is 31.4 Å². The highest BCUT2D eigenvalue weighted by Gasteiger charge is 2.14. The van der Waals surface area contributed by atoms with Crippen molar-refractivity contribution in [3.05, 3.63) is 51.7 Å². The molecule has 0 fully saturated rings. The zero-order valence-corrected chi connectivity index (χ0v) is 14.2. The Hall–Kier alpha value is -2.41. The Labute approximate surface area is 141 Å². The molecule has 0 aliphatic carbocycles. The summed E-state index contributed by atoms with van der Waals surface area (Å²) in [6, 6.07) is 9.38. The van der Waals surface area contributed by atoms with Crippen LogP contribution in [0, 0.1) is 13.8 Å². The number of carbonyl (C=O) groups excluding carboxylic acids is 1. The van der Waals surface area contributed by atoms with Gasteiger partial charge in [-0.25, -0.2) is 0 Å². The van der Waals surface area contributed by atoms with Crippen molar-refractivity contribution in [2.24, 2.45) is 0 Å². The maximum atomic E-state index is 12.1. The molecule has 0 aliphatic rings. The molecule has 0 unspecified atom stereocenters. The molecule has 7 heteroatoms. The predicted octanol–water partition coefficient (Wildman–Crippen LogP) is 3.89. The molecule has 0 spiro atoms. The van der Waals surface area contributed by atoms with Crippen LogP contribution in [0.15, 0.2) is 43.8 Å². The summed E-state index contributed by atoms with van der Waals surface area (Å²) in [5.41, 5.74) is 3.28. The Morgan fingerprint density at radius 1 is 1.13 bits per heavy atom. The zero-order valence-electron chi connectivity index (χ0n) is 12.6. The molecule has 0 saturated carbocycles. The van der Waals surface area contributed by atoms with Gasteiger partial charge < -0.3 is 8.83 Å². The lowest BCUT2D eigenvalue weighted by molar-refractivity contribution is -0.115. The summed E-state index contributed by atoms with van der Waals surface area (Å²) in [6.07, 6.45) is 0.241. The van der Waals surface area contributed by atoms with E-state index < -0.39 is 0 Å². The van der Waals surface area contributed by atoms with Gasteiger partial charge in [0, 0.05) is 0 Å². The first-order chi connectivity index (χ1) is 11.0. The fourth-order valence-corrected chi connectivity index (χ4v) is 2.37. The number of rotatable bonds is 4. The van der Waals surface area contributed by atoms with Crippen molar-refractivity contribution >= 4 is 27.9 Å². The molecule has 118 valence electrons. The average Bonchev–Trinajstić information content (AvgIpc) is 3.12. The molecule has 2 aromatic heterocycles. The third-order valence-electron chi connectivity index (χ3n) is 3.39. The van der Waals surface area contributed by atoms with Crippen LogP contribution in [0.4, 0.5) is 6.01 Å². The first kappa shape index (κ1) is 15.5. The normalized spacial score (nSPS) is 10.7. The van der Waals surface area contributed by atoms with Gasteiger partial charge in [0.25, 0.3) is 5.89 Å². The molecule has 3 rings (SSSR count). The van der Waals surface area contributed by atoms with Crippen molar-refractivity contribution in [2.75, 3.05) is 5.32 Å². The Morgan fingerprint density at radius 3 is 2.65 bits per heavy atom. The second-order valence-electron chi connectivity index (χ2n) is 5.16. The van der Waals surface area contributed by atoms with Crippen molar-refractivity contribution in [1.82, 2.24) is 10.2 Å². The largest absolute Gasteiger partial charge is 0.444 e. The third kappa shape index (κ3) is 3.68. The van der Waals surface area contributed by atoms with Gasteiger partial charge in [0.05, 0.1) is 6.42 Å². The van der Waals surface area contributed by atoms with Crippen LogP contribution >= 0.6 is 15.9 Å². The molecule has 0 aliphatic heterocycles. The minimum absolute atomic E-state index is 0.0429. The molecular weight excluding hydrogens is 362 g/mol. The van der Waals surface area contributed by atoms with E-state index in [1.807, 2.05) is 32.0 Å². The van der Waals surface area contributed by atoms with Crippen molar-refractivity contribution < 1.29 is 13.6 Å². The van der Waals surface area contributed by atoms with E-state index in [0.29, 0.717) is 10.4 Å². The van der Waals surface area contributed by atoms with E-state index >= 15 is 0 Å². The van der Waals surface area contributed by atoms with Gasteiger partial charge >= 0.3 is 6.01 Å². The number of hydrogen-bond donors (Lipinski definition) is 1. The fourth-order valence-electron chi connectivity index (χ4n) is 2.06. The van der Waals surface area contributed by atoms with E-state index in [9.17, 15) is 4.79 Å². The number of furan rings is 1. The van der Waals surface area contributed by atoms with Crippen LogP contribution in [0.5, 0.6) is 0 Å². The van der Waals surface area contributed by atoms with Crippen molar-refractivity contribution in [3.8, 4) is 11.7 Å². The van der Waals surface area contributed by atoms with Crippen LogP contribution in [0.1, 0.15) is 16.7 Å². The number of nitrogens with zero attached hydrogens (tertiary/aromatic N) is 2. The topological polar surface area (TPSA) is 81.2 Å². The van der Waals surface area contributed by atoms with Crippen molar-refractivity contribution in [3.63, 3.8) is 0 Å². The maximum absolute atomic E-state index is 12.1. The highest BCUT2D eigenvalue weighted by molar-refractivity contribution is 9.10. The van der Waals surface area contributed by atoms with Gasteiger partial charge in [-0.2, -0.15) is 0 Å². The van der Waals surface area contributed by atoms with Crippen LogP contribution in [0.25, 0.3) is 11.7 Å². The SMILES string of the molecule is Cc1ccc(CC(=O)Nc2nnc(-c3ccc(Br)o3)o2)cc1C. The molecule has 2 heterocycles. The molecule has 0 bridgehead atoms. The number of anilines is 1. The predicted molar refractivity (Wildman–Crippen MR) is 87.9 cm³/mol. The Bertz CT molecular complexity index is 854. The van der Waals surface area contributed by atoms with Crippen LogP contribution in [-0.4, -0.2) is 16.1 Å². The summed E-state index contributed by atoms with van der Waals surface area (Å²) in [5, 5.41) is 10.2. The number of benzene rings is 1. The molecule has 23 heavy (non-hydrogen) atoms. The number of carbonyl (C=O) groups is 1. The number of nitrogens with one attached hydrogen (secondary N) is 1. The summed E-state index contributed by atoms with van der Waals surface area (Å²) in [7, 11) is 0. The van der Waals surface area contributed by atoms with E-state index in [0.717, 1.165) is 11.1 Å². The highest BCUT2D eigenvalue weighted by Crippen LogP contribution is 2.24. The van der Waals surface area contributed by atoms with Crippen LogP contribution in [0.3, 0.4) is 0 Å². The molecule has 1 amide bonds. The van der Waals surface area contributed by atoms with Gasteiger partial charge in [-0.3, -0.25) is 10.1 Å². The second-order valence-corrected chi connectivity index (χ2v) is 5.94. The van der Waals surface area contributed by atoms with Crippen LogP contribution < -0.4 is 5.32 Å². The number of aryl methyl sites for hydroxylation is 2. The Morgan fingerprint density at radius 2 is 1.96 bits per heavy atom. The number of aromatic nitrogens is 2. The average molecular weight is 376 g/mol. The van der Waals surface area contributed by atoms with Crippen molar-refractivity contribution in [1.29, 1.82) is 0 Å². The first-order valence-corrected chi connectivity index (χ1v) is 7.76. The Balaban J connectivity index is 1.66. The number of hydrogen-bond acceptors (Lipinski definition) is 5. The summed E-state index contributed by atoms with van der Waals surface area (Å²) in [6.45, 7) is 4.05. The van der Waals surface area contributed by atoms with Gasteiger partial charge in [0.15, 0.2) is 10.4 Å². The lowest BCUT2D eigenvalue weighted by Crippen LogP contribution is -2.14. The quantitative estimate of drug-likeness (QED) is 0.747. The van der Waals surface area contributed by atoms with Gasteiger partial charge in [-0.05, 0) is 58.6 Å². The Kier molecular flexibility index (Phi) is 4.29. The fraction of sp³-hybridized carbons (Fsp3) is 0.188. The van der Waals surface area contributed by atoms with E-state index in [1.54, 1.807) is 12.1 Å². The number of halogens is 1. The summed E-state index contributed by atoms with van der Waals surface area (Å²) >= 11 is 3.20. The minimum atomic E-state index is -0.218. The van der Waals surface area contributed by atoms with Crippen LogP contribution in [0.2, 0.25) is 0 Å². The third-order valence-corrected chi connectivity index (χ3v) is 3.82. The van der Waals surface area contributed by atoms with Gasteiger partial charge in [-0.1, -0.05) is 23.3 Å². The van der Waals surface area contributed by atoms with Gasteiger partial charge in [-0.15, -0.1) is 5.10 Å². The maximum Gasteiger partial charge on any atom is 0.322 e. The summed E-state index contributed by atoms with van der Waals surface area (Å²) in [4.78, 5) is 12.1. The lowest BCUT2D eigenvalue weighted by atomic mass is 10.0.